The number of hydrogen-bond donors (Lipinski definition) is 2. The molecule has 2 N–H and O–H groups in total. The van der Waals surface area contributed by atoms with Crippen LogP contribution in [0.25, 0.3) is 11.1 Å². The molecule has 1 aliphatic rings. The van der Waals surface area contributed by atoms with E-state index in [9.17, 15) is 14.7 Å². The number of carboxylic acids is 1. The Balaban J connectivity index is 1.40. The average Bonchev–Trinajstić information content (AvgIpc) is 2.97. The molecule has 6 heteroatoms. The highest BCUT2D eigenvalue weighted by Crippen LogP contribution is 2.35. The first-order valence-electron chi connectivity index (χ1n) is 14.4. The minimum atomic E-state index is -0.996. The minimum Gasteiger partial charge on any atom is -0.478 e. The predicted octanol–water partition coefficient (Wildman–Crippen LogP) is 7.93. The molecule has 42 heavy (non-hydrogen) atoms. The number of benzene rings is 4. The van der Waals surface area contributed by atoms with Crippen LogP contribution in [-0.4, -0.2) is 23.5 Å². The zero-order valence-electron chi connectivity index (χ0n) is 24.6. The minimum absolute atomic E-state index is 0.118. The number of aryl methyl sites for hydroxylation is 1. The molecule has 0 saturated carbocycles. The van der Waals surface area contributed by atoms with Gasteiger partial charge < -0.3 is 15.3 Å². The Morgan fingerprint density at radius 3 is 2.45 bits per heavy atom. The first kappa shape index (κ1) is 29.1. The van der Waals surface area contributed by atoms with Crippen LogP contribution in [-0.2, 0) is 18.4 Å². The topological polar surface area (TPSA) is 69.6 Å². The van der Waals surface area contributed by atoms with Gasteiger partial charge in [-0.1, -0.05) is 75.4 Å². The molecule has 4 aromatic rings. The van der Waals surface area contributed by atoms with Crippen molar-refractivity contribution in [3.05, 3.63) is 124 Å². The van der Waals surface area contributed by atoms with E-state index in [1.807, 2.05) is 88.4 Å². The molecular formula is C36H37FN2O3. The van der Waals surface area contributed by atoms with Crippen molar-refractivity contribution in [2.45, 2.75) is 58.5 Å². The van der Waals surface area contributed by atoms with E-state index in [1.165, 1.54) is 6.07 Å². The lowest BCUT2D eigenvalue weighted by Crippen LogP contribution is -2.30. The van der Waals surface area contributed by atoms with Crippen molar-refractivity contribution >= 4 is 17.6 Å². The second-order valence-electron chi connectivity index (χ2n) is 12.1. The predicted molar refractivity (Wildman–Crippen MR) is 166 cm³/mol. The zero-order chi connectivity index (χ0) is 30.0. The molecule has 0 aromatic heterocycles. The summed E-state index contributed by atoms with van der Waals surface area (Å²) in [6.07, 6.45) is 1.72. The summed E-state index contributed by atoms with van der Waals surface area (Å²) in [5.41, 5.74) is 6.06. The van der Waals surface area contributed by atoms with Crippen molar-refractivity contribution in [2.24, 2.45) is 0 Å². The van der Waals surface area contributed by atoms with Gasteiger partial charge in [-0.2, -0.15) is 0 Å². The quantitative estimate of drug-likeness (QED) is 0.239. The van der Waals surface area contributed by atoms with Crippen molar-refractivity contribution in [3.8, 4) is 11.1 Å². The summed E-state index contributed by atoms with van der Waals surface area (Å²) in [4.78, 5) is 27.6. The molecule has 1 heterocycles. The summed E-state index contributed by atoms with van der Waals surface area (Å²) in [7, 11) is 0. The number of aromatic carboxylic acids is 1. The number of carbonyl (C=O) groups excluding carboxylic acids is 1. The summed E-state index contributed by atoms with van der Waals surface area (Å²) in [6.45, 7) is 9.02. The third-order valence-electron chi connectivity index (χ3n) is 8.01. The SMILES string of the molecule is CC(NC(=O)c1ccc2c(c1)CCCN2Cc1cc(-c2cccc(C(C)(C)C)c2C(=O)O)ccc1F)c1ccccc1. The van der Waals surface area contributed by atoms with E-state index in [-0.39, 0.29) is 28.7 Å². The number of carboxylic acid groups (broad SMARTS) is 1. The fourth-order valence-corrected chi connectivity index (χ4v) is 5.80. The number of amides is 1. The van der Waals surface area contributed by atoms with Gasteiger partial charge in [0.15, 0.2) is 0 Å². The Hall–Kier alpha value is -4.45. The van der Waals surface area contributed by atoms with Crippen LogP contribution in [0.2, 0.25) is 0 Å². The smallest absolute Gasteiger partial charge is 0.336 e. The van der Waals surface area contributed by atoms with Crippen LogP contribution in [0.1, 0.15) is 83.1 Å². The van der Waals surface area contributed by atoms with Crippen molar-refractivity contribution in [2.75, 3.05) is 11.4 Å². The van der Waals surface area contributed by atoms with Gasteiger partial charge >= 0.3 is 5.97 Å². The fourth-order valence-electron chi connectivity index (χ4n) is 5.80. The molecule has 5 nitrogen and oxygen atoms in total. The van der Waals surface area contributed by atoms with E-state index in [0.717, 1.165) is 41.8 Å². The van der Waals surface area contributed by atoms with Crippen LogP contribution < -0.4 is 10.2 Å². The van der Waals surface area contributed by atoms with Crippen LogP contribution in [0.15, 0.2) is 84.9 Å². The number of fused-ring (bicyclic) bond motifs is 1. The second kappa shape index (κ2) is 11.8. The standard InChI is InChI=1S/C36H37FN2O3/c1-23(24-10-6-5-7-11-24)38-34(40)27-16-18-32-26(21-27)12-9-19-39(32)22-28-20-25(15-17-31(28)37)29-13-8-14-30(36(2,3)4)33(29)35(41)42/h5-8,10-11,13-18,20-21,23H,9,12,19,22H2,1-4H3,(H,38,40)(H,41,42). The summed E-state index contributed by atoms with van der Waals surface area (Å²) < 4.78 is 15.2. The van der Waals surface area contributed by atoms with E-state index >= 15 is 4.39 Å². The van der Waals surface area contributed by atoms with E-state index in [2.05, 4.69) is 10.2 Å². The average molecular weight is 565 g/mol. The zero-order valence-corrected chi connectivity index (χ0v) is 24.6. The van der Waals surface area contributed by atoms with E-state index in [0.29, 0.717) is 28.8 Å². The fraction of sp³-hybridized carbons (Fsp3) is 0.278. The van der Waals surface area contributed by atoms with Crippen LogP contribution >= 0.6 is 0 Å². The van der Waals surface area contributed by atoms with Crippen LogP contribution in [0.4, 0.5) is 10.1 Å². The van der Waals surface area contributed by atoms with Gasteiger partial charge in [0.25, 0.3) is 5.91 Å². The molecule has 0 bridgehead atoms. The van der Waals surface area contributed by atoms with Gasteiger partial charge in [0, 0.05) is 29.9 Å². The summed E-state index contributed by atoms with van der Waals surface area (Å²) in [6, 6.07) is 25.8. The maximum Gasteiger partial charge on any atom is 0.336 e. The van der Waals surface area contributed by atoms with E-state index in [4.69, 9.17) is 0 Å². The lowest BCUT2D eigenvalue weighted by molar-refractivity contribution is 0.0694. The van der Waals surface area contributed by atoms with E-state index in [1.54, 1.807) is 18.2 Å². The molecule has 0 aliphatic carbocycles. The summed E-state index contributed by atoms with van der Waals surface area (Å²) in [5, 5.41) is 13.2. The molecule has 1 aliphatic heterocycles. The molecule has 1 unspecified atom stereocenters. The van der Waals surface area contributed by atoms with Crippen LogP contribution in [0.3, 0.4) is 0 Å². The largest absolute Gasteiger partial charge is 0.478 e. The van der Waals surface area contributed by atoms with Gasteiger partial charge in [0.05, 0.1) is 11.6 Å². The molecule has 1 atom stereocenters. The number of rotatable bonds is 7. The van der Waals surface area contributed by atoms with E-state index < -0.39 is 5.97 Å². The van der Waals surface area contributed by atoms with Crippen LogP contribution in [0, 0.1) is 5.82 Å². The molecule has 5 rings (SSSR count). The van der Waals surface area contributed by atoms with Gasteiger partial charge in [-0.25, -0.2) is 9.18 Å². The summed E-state index contributed by atoms with van der Waals surface area (Å²) in [5.74, 6) is -1.46. The molecule has 4 aromatic carbocycles. The first-order valence-corrected chi connectivity index (χ1v) is 14.4. The first-order chi connectivity index (χ1) is 20.0. The molecule has 0 radical (unpaired) electrons. The molecule has 216 valence electrons. The number of nitrogens with one attached hydrogen (secondary N) is 1. The number of halogens is 1. The maximum atomic E-state index is 15.2. The van der Waals surface area contributed by atoms with Gasteiger partial charge in [0.2, 0.25) is 0 Å². The molecule has 0 fully saturated rings. The Morgan fingerprint density at radius 1 is 0.976 bits per heavy atom. The normalized spacial score (nSPS) is 13.8. The molecular weight excluding hydrogens is 527 g/mol. The monoisotopic (exact) mass is 564 g/mol. The molecule has 1 amide bonds. The van der Waals surface area contributed by atoms with Gasteiger partial charge in [-0.05, 0) is 83.3 Å². The highest BCUT2D eigenvalue weighted by atomic mass is 19.1. The van der Waals surface area contributed by atoms with Crippen LogP contribution in [0.5, 0.6) is 0 Å². The van der Waals surface area contributed by atoms with Crippen molar-refractivity contribution in [3.63, 3.8) is 0 Å². The number of anilines is 1. The van der Waals surface area contributed by atoms with Gasteiger partial charge in [-0.15, -0.1) is 0 Å². The number of carbonyl (C=O) groups is 2. The third-order valence-corrected chi connectivity index (χ3v) is 8.01. The van der Waals surface area contributed by atoms with Crippen molar-refractivity contribution in [1.29, 1.82) is 0 Å². The van der Waals surface area contributed by atoms with Crippen molar-refractivity contribution < 1.29 is 19.1 Å². The Kier molecular flexibility index (Phi) is 8.17. The maximum absolute atomic E-state index is 15.2. The molecule has 0 spiro atoms. The molecule has 0 saturated heterocycles. The Morgan fingerprint density at radius 2 is 1.74 bits per heavy atom. The van der Waals surface area contributed by atoms with Crippen molar-refractivity contribution in [1.82, 2.24) is 5.32 Å². The number of hydrogen-bond acceptors (Lipinski definition) is 3. The highest BCUT2D eigenvalue weighted by Gasteiger charge is 2.26. The lowest BCUT2D eigenvalue weighted by atomic mass is 9.81. The van der Waals surface area contributed by atoms with Gasteiger partial charge in [0.1, 0.15) is 5.82 Å². The Labute approximate surface area is 247 Å². The Bertz CT molecular complexity index is 1620. The second-order valence-corrected chi connectivity index (χ2v) is 12.1. The lowest BCUT2D eigenvalue weighted by Gasteiger charge is -2.32. The van der Waals surface area contributed by atoms with Gasteiger partial charge in [-0.3, -0.25) is 4.79 Å². The number of nitrogens with zero attached hydrogens (tertiary/aromatic N) is 1. The summed E-state index contributed by atoms with van der Waals surface area (Å²) >= 11 is 0. The highest BCUT2D eigenvalue weighted by molar-refractivity contribution is 5.98. The third kappa shape index (κ3) is 6.08.